The molecule has 1 aromatic carbocycles. The summed E-state index contributed by atoms with van der Waals surface area (Å²) in [5, 5.41) is 3.16. The molecule has 4 heteroatoms. The first-order chi connectivity index (χ1) is 8.52. The zero-order valence-corrected chi connectivity index (χ0v) is 10.6. The van der Waals surface area contributed by atoms with Crippen molar-refractivity contribution in [3.8, 4) is 0 Å². The molecule has 0 radical (unpaired) electrons. The number of rotatable bonds is 3. The van der Waals surface area contributed by atoms with Crippen molar-refractivity contribution in [2.75, 3.05) is 5.32 Å². The molecule has 18 heavy (non-hydrogen) atoms. The molecule has 1 saturated carbocycles. The molecule has 1 fully saturated rings. The van der Waals surface area contributed by atoms with Crippen molar-refractivity contribution < 1.29 is 9.18 Å². The van der Waals surface area contributed by atoms with Crippen LogP contribution in [0.15, 0.2) is 18.2 Å². The zero-order chi connectivity index (χ0) is 13.2. The fourth-order valence-corrected chi connectivity index (χ4v) is 2.67. The molecule has 0 aromatic heterocycles. The summed E-state index contributed by atoms with van der Waals surface area (Å²) < 4.78 is 13.4. The fraction of sp³-hybridized carbons (Fsp3) is 0.500. The molecule has 0 spiro atoms. The van der Waals surface area contributed by atoms with E-state index in [0.29, 0.717) is 5.69 Å². The number of halogens is 1. The lowest BCUT2D eigenvalue weighted by atomic mass is 9.81. The smallest absolute Gasteiger partial charge is 0.243 e. The van der Waals surface area contributed by atoms with Gasteiger partial charge in [0.05, 0.1) is 0 Å². The van der Waals surface area contributed by atoms with Crippen LogP contribution < -0.4 is 11.1 Å². The van der Waals surface area contributed by atoms with E-state index in [-0.39, 0.29) is 11.7 Å². The Balaban J connectivity index is 2.25. The number of nitrogens with one attached hydrogen (secondary N) is 1. The van der Waals surface area contributed by atoms with Gasteiger partial charge in [-0.05, 0) is 43.5 Å². The first kappa shape index (κ1) is 12.9. The van der Waals surface area contributed by atoms with Crippen LogP contribution in [-0.2, 0) is 4.79 Å². The fourth-order valence-electron chi connectivity index (χ4n) is 2.67. The van der Waals surface area contributed by atoms with Gasteiger partial charge in [-0.2, -0.15) is 0 Å². The van der Waals surface area contributed by atoms with Crippen LogP contribution in [-0.4, -0.2) is 11.4 Å². The predicted molar refractivity (Wildman–Crippen MR) is 69.8 cm³/mol. The maximum atomic E-state index is 13.4. The Kier molecular flexibility index (Phi) is 3.55. The molecule has 0 aliphatic heterocycles. The second-order valence-electron chi connectivity index (χ2n) is 5.15. The SMILES string of the molecule is Cc1cc(F)cc(NC2(C(N)=O)CCCCC2)c1. The minimum absolute atomic E-state index is 0.298. The van der Waals surface area contributed by atoms with Crippen LogP contribution in [0, 0.1) is 12.7 Å². The van der Waals surface area contributed by atoms with Crippen molar-refractivity contribution in [1.29, 1.82) is 0 Å². The minimum atomic E-state index is -0.710. The Morgan fingerprint density at radius 2 is 1.94 bits per heavy atom. The van der Waals surface area contributed by atoms with Gasteiger partial charge in [0, 0.05) is 5.69 Å². The van der Waals surface area contributed by atoms with Crippen molar-refractivity contribution >= 4 is 11.6 Å². The van der Waals surface area contributed by atoms with Gasteiger partial charge in [0.15, 0.2) is 0 Å². The van der Waals surface area contributed by atoms with Crippen LogP contribution in [0.25, 0.3) is 0 Å². The molecule has 98 valence electrons. The average molecular weight is 250 g/mol. The maximum Gasteiger partial charge on any atom is 0.243 e. The Hall–Kier alpha value is -1.58. The first-order valence-electron chi connectivity index (χ1n) is 6.37. The van der Waals surface area contributed by atoms with E-state index in [2.05, 4.69) is 5.32 Å². The summed E-state index contributed by atoms with van der Waals surface area (Å²) in [4.78, 5) is 11.7. The van der Waals surface area contributed by atoms with E-state index < -0.39 is 5.54 Å². The van der Waals surface area contributed by atoms with Crippen molar-refractivity contribution in [3.63, 3.8) is 0 Å². The van der Waals surface area contributed by atoms with Gasteiger partial charge in [-0.15, -0.1) is 0 Å². The molecule has 0 saturated heterocycles. The average Bonchev–Trinajstić information content (AvgIpc) is 2.28. The molecular weight excluding hydrogens is 231 g/mol. The third kappa shape index (κ3) is 2.63. The molecule has 0 atom stereocenters. The van der Waals surface area contributed by atoms with Gasteiger partial charge in [0.2, 0.25) is 5.91 Å². The van der Waals surface area contributed by atoms with Crippen molar-refractivity contribution in [3.05, 3.63) is 29.6 Å². The van der Waals surface area contributed by atoms with Crippen LogP contribution in [0.4, 0.5) is 10.1 Å². The van der Waals surface area contributed by atoms with Crippen LogP contribution in [0.1, 0.15) is 37.7 Å². The summed E-state index contributed by atoms with van der Waals surface area (Å²) in [6.45, 7) is 1.83. The number of anilines is 1. The molecule has 2 rings (SSSR count). The highest BCUT2D eigenvalue weighted by Crippen LogP contribution is 2.32. The lowest BCUT2D eigenvalue weighted by molar-refractivity contribution is -0.123. The normalized spacial score (nSPS) is 18.3. The molecule has 3 nitrogen and oxygen atoms in total. The third-order valence-corrected chi connectivity index (χ3v) is 3.60. The monoisotopic (exact) mass is 250 g/mol. The molecule has 0 heterocycles. The number of hydrogen-bond acceptors (Lipinski definition) is 2. The van der Waals surface area contributed by atoms with Crippen LogP contribution in [0.5, 0.6) is 0 Å². The van der Waals surface area contributed by atoms with Gasteiger partial charge in [0.1, 0.15) is 11.4 Å². The number of carbonyl (C=O) groups excluding carboxylic acids is 1. The summed E-state index contributed by atoms with van der Waals surface area (Å²) >= 11 is 0. The Labute approximate surface area is 107 Å². The van der Waals surface area contributed by atoms with Gasteiger partial charge >= 0.3 is 0 Å². The second-order valence-corrected chi connectivity index (χ2v) is 5.15. The zero-order valence-electron chi connectivity index (χ0n) is 10.6. The van der Waals surface area contributed by atoms with Crippen molar-refractivity contribution in [2.45, 2.75) is 44.6 Å². The van der Waals surface area contributed by atoms with Gasteiger partial charge in [-0.25, -0.2) is 4.39 Å². The highest BCUT2D eigenvalue weighted by atomic mass is 19.1. The number of amides is 1. The van der Waals surface area contributed by atoms with E-state index in [0.717, 1.165) is 37.7 Å². The van der Waals surface area contributed by atoms with Crippen molar-refractivity contribution in [1.82, 2.24) is 0 Å². The molecule has 1 aromatic rings. The second kappa shape index (κ2) is 4.96. The van der Waals surface area contributed by atoms with E-state index in [1.807, 2.05) is 13.0 Å². The van der Waals surface area contributed by atoms with E-state index >= 15 is 0 Å². The molecule has 1 aliphatic rings. The van der Waals surface area contributed by atoms with Gasteiger partial charge in [-0.1, -0.05) is 19.3 Å². The molecule has 3 N–H and O–H groups in total. The standard InChI is InChI=1S/C14H19FN2O/c1-10-7-11(15)9-12(8-10)17-14(13(16)18)5-3-2-4-6-14/h7-9,17H,2-6H2,1H3,(H2,16,18). The van der Waals surface area contributed by atoms with E-state index in [4.69, 9.17) is 5.73 Å². The first-order valence-corrected chi connectivity index (χ1v) is 6.37. The van der Waals surface area contributed by atoms with E-state index in [9.17, 15) is 9.18 Å². The lowest BCUT2D eigenvalue weighted by Crippen LogP contribution is -2.51. The quantitative estimate of drug-likeness (QED) is 0.866. The molecular formula is C14H19FN2O. The Morgan fingerprint density at radius 1 is 1.28 bits per heavy atom. The minimum Gasteiger partial charge on any atom is -0.371 e. The summed E-state index contributed by atoms with van der Waals surface area (Å²) in [5.41, 5.74) is 6.28. The van der Waals surface area contributed by atoms with Crippen LogP contribution in [0.2, 0.25) is 0 Å². The number of aryl methyl sites for hydroxylation is 1. The largest absolute Gasteiger partial charge is 0.371 e. The summed E-state index contributed by atoms with van der Waals surface area (Å²) in [5.74, 6) is -0.642. The van der Waals surface area contributed by atoms with Crippen molar-refractivity contribution in [2.24, 2.45) is 5.73 Å². The molecule has 1 aliphatic carbocycles. The number of nitrogens with two attached hydrogens (primary N) is 1. The van der Waals surface area contributed by atoms with Gasteiger partial charge in [0.25, 0.3) is 0 Å². The van der Waals surface area contributed by atoms with Gasteiger partial charge in [-0.3, -0.25) is 4.79 Å². The van der Waals surface area contributed by atoms with Gasteiger partial charge < -0.3 is 11.1 Å². The summed E-state index contributed by atoms with van der Waals surface area (Å²) in [6.07, 6.45) is 4.52. The van der Waals surface area contributed by atoms with Crippen LogP contribution in [0.3, 0.4) is 0 Å². The highest BCUT2D eigenvalue weighted by Gasteiger charge is 2.37. The Bertz CT molecular complexity index is 433. The van der Waals surface area contributed by atoms with E-state index in [1.165, 1.54) is 12.1 Å². The third-order valence-electron chi connectivity index (χ3n) is 3.60. The highest BCUT2D eigenvalue weighted by molar-refractivity contribution is 5.88. The predicted octanol–water partition coefficient (Wildman–Crippen LogP) is 2.73. The maximum absolute atomic E-state index is 13.4. The molecule has 1 amide bonds. The summed E-state index contributed by atoms with van der Waals surface area (Å²) in [6, 6.07) is 4.71. The van der Waals surface area contributed by atoms with E-state index in [1.54, 1.807) is 0 Å². The topological polar surface area (TPSA) is 55.1 Å². The number of carbonyl (C=O) groups is 1. The Morgan fingerprint density at radius 3 is 2.50 bits per heavy atom. The summed E-state index contributed by atoms with van der Waals surface area (Å²) in [7, 11) is 0. The molecule has 0 bridgehead atoms. The number of benzene rings is 1. The number of hydrogen-bond donors (Lipinski definition) is 2. The number of primary amides is 1. The molecule has 0 unspecified atom stereocenters. The lowest BCUT2D eigenvalue weighted by Gasteiger charge is -2.36. The van der Waals surface area contributed by atoms with Crippen LogP contribution >= 0.6 is 0 Å².